The van der Waals surface area contributed by atoms with Crippen LogP contribution in [0.15, 0.2) is 29.2 Å². The van der Waals surface area contributed by atoms with Crippen LogP contribution in [0.1, 0.15) is 20.3 Å². The first-order chi connectivity index (χ1) is 7.83. The highest BCUT2D eigenvalue weighted by Crippen LogP contribution is 2.34. The molecule has 0 aromatic heterocycles. The molecule has 0 unspecified atom stereocenters. The Labute approximate surface area is 102 Å². The predicted molar refractivity (Wildman–Crippen MR) is 65.3 cm³/mol. The molecule has 0 radical (unpaired) electrons. The maximum atomic E-state index is 12.3. The molecular formula is C12H17NO3S. The van der Waals surface area contributed by atoms with Crippen molar-refractivity contribution >= 4 is 10.0 Å². The van der Waals surface area contributed by atoms with Gasteiger partial charge in [0.25, 0.3) is 0 Å². The van der Waals surface area contributed by atoms with Crippen LogP contribution in [0.3, 0.4) is 0 Å². The predicted octanol–water partition coefficient (Wildman–Crippen LogP) is 1.81. The molecule has 0 bridgehead atoms. The molecule has 0 amide bonds. The summed E-state index contributed by atoms with van der Waals surface area (Å²) >= 11 is 0. The minimum Gasteiger partial charge on any atom is -0.507 e. The second-order valence-electron chi connectivity index (χ2n) is 5.22. The van der Waals surface area contributed by atoms with Crippen LogP contribution in [0.4, 0.5) is 0 Å². The van der Waals surface area contributed by atoms with E-state index in [0.717, 1.165) is 6.42 Å². The Morgan fingerprint density at radius 2 is 1.94 bits per heavy atom. The lowest BCUT2D eigenvalue weighted by atomic mass is 9.93. The van der Waals surface area contributed by atoms with Gasteiger partial charge < -0.3 is 5.11 Å². The van der Waals surface area contributed by atoms with E-state index >= 15 is 0 Å². The molecule has 1 heterocycles. The SMILES string of the molecule is CC1(C)CCN(S(=O)(=O)c2ccccc2O)C1. The van der Waals surface area contributed by atoms with E-state index in [0.29, 0.717) is 13.1 Å². The van der Waals surface area contributed by atoms with Crippen molar-refractivity contribution in [3.63, 3.8) is 0 Å². The van der Waals surface area contributed by atoms with Crippen molar-refractivity contribution in [3.05, 3.63) is 24.3 Å². The Kier molecular flexibility index (Phi) is 2.91. The van der Waals surface area contributed by atoms with E-state index in [1.54, 1.807) is 12.1 Å². The van der Waals surface area contributed by atoms with Crippen molar-refractivity contribution in [2.45, 2.75) is 25.2 Å². The number of hydrogen-bond acceptors (Lipinski definition) is 3. The van der Waals surface area contributed by atoms with Crippen LogP contribution in [-0.4, -0.2) is 30.9 Å². The molecule has 1 aromatic carbocycles. The monoisotopic (exact) mass is 255 g/mol. The first-order valence-electron chi connectivity index (χ1n) is 5.61. The van der Waals surface area contributed by atoms with Gasteiger partial charge in [-0.15, -0.1) is 0 Å². The fraction of sp³-hybridized carbons (Fsp3) is 0.500. The molecule has 1 aliphatic rings. The number of hydrogen-bond donors (Lipinski definition) is 1. The third-order valence-corrected chi connectivity index (χ3v) is 5.02. The first-order valence-corrected chi connectivity index (χ1v) is 7.05. The van der Waals surface area contributed by atoms with E-state index in [2.05, 4.69) is 0 Å². The van der Waals surface area contributed by atoms with Crippen LogP contribution in [0.25, 0.3) is 0 Å². The molecule has 0 spiro atoms. The van der Waals surface area contributed by atoms with Gasteiger partial charge in [-0.1, -0.05) is 26.0 Å². The third kappa shape index (κ3) is 2.30. The van der Waals surface area contributed by atoms with Gasteiger partial charge in [0, 0.05) is 13.1 Å². The zero-order valence-electron chi connectivity index (χ0n) is 10.0. The Morgan fingerprint density at radius 1 is 1.29 bits per heavy atom. The number of aromatic hydroxyl groups is 1. The topological polar surface area (TPSA) is 57.6 Å². The van der Waals surface area contributed by atoms with Crippen molar-refractivity contribution in [2.75, 3.05) is 13.1 Å². The van der Waals surface area contributed by atoms with Gasteiger partial charge in [-0.25, -0.2) is 8.42 Å². The van der Waals surface area contributed by atoms with E-state index in [-0.39, 0.29) is 16.1 Å². The zero-order valence-corrected chi connectivity index (χ0v) is 10.9. The number of phenols is 1. The molecule has 1 fully saturated rings. The van der Waals surface area contributed by atoms with Gasteiger partial charge in [0.15, 0.2) is 0 Å². The van der Waals surface area contributed by atoms with Crippen molar-refractivity contribution < 1.29 is 13.5 Å². The third-order valence-electron chi connectivity index (χ3n) is 3.13. The molecular weight excluding hydrogens is 238 g/mol. The van der Waals surface area contributed by atoms with Crippen molar-refractivity contribution in [1.82, 2.24) is 4.31 Å². The molecule has 17 heavy (non-hydrogen) atoms. The van der Waals surface area contributed by atoms with Crippen molar-refractivity contribution in [1.29, 1.82) is 0 Å². The van der Waals surface area contributed by atoms with Gasteiger partial charge in [0.05, 0.1) is 0 Å². The molecule has 0 atom stereocenters. The van der Waals surface area contributed by atoms with Crippen molar-refractivity contribution in [3.8, 4) is 5.75 Å². The molecule has 4 nitrogen and oxygen atoms in total. The Bertz CT molecular complexity index is 522. The lowest BCUT2D eigenvalue weighted by molar-refractivity contribution is 0.374. The molecule has 1 aliphatic heterocycles. The number of phenolic OH excluding ortho intramolecular Hbond substituents is 1. The summed E-state index contributed by atoms with van der Waals surface area (Å²) in [6.07, 6.45) is 0.847. The molecule has 1 saturated heterocycles. The molecule has 1 N–H and O–H groups in total. The van der Waals surface area contributed by atoms with Gasteiger partial charge in [-0.2, -0.15) is 4.31 Å². The summed E-state index contributed by atoms with van der Waals surface area (Å²) in [6.45, 7) is 5.12. The lowest BCUT2D eigenvalue weighted by Gasteiger charge is -2.20. The minimum atomic E-state index is -3.56. The number of benzene rings is 1. The highest BCUT2D eigenvalue weighted by Gasteiger charge is 2.37. The van der Waals surface area contributed by atoms with Crippen LogP contribution in [0.5, 0.6) is 5.75 Å². The summed E-state index contributed by atoms with van der Waals surface area (Å²) in [4.78, 5) is -0.00213. The second-order valence-corrected chi connectivity index (χ2v) is 7.13. The van der Waals surface area contributed by atoms with Crippen LogP contribution in [0.2, 0.25) is 0 Å². The van der Waals surface area contributed by atoms with E-state index in [1.807, 2.05) is 13.8 Å². The van der Waals surface area contributed by atoms with Crippen LogP contribution in [0, 0.1) is 5.41 Å². The Balaban J connectivity index is 2.36. The summed E-state index contributed by atoms with van der Waals surface area (Å²) in [7, 11) is -3.56. The quantitative estimate of drug-likeness (QED) is 0.877. The van der Waals surface area contributed by atoms with E-state index < -0.39 is 10.0 Å². The fourth-order valence-electron chi connectivity index (χ4n) is 2.08. The maximum Gasteiger partial charge on any atom is 0.246 e. The maximum absolute atomic E-state index is 12.3. The highest BCUT2D eigenvalue weighted by atomic mass is 32.2. The largest absolute Gasteiger partial charge is 0.507 e. The van der Waals surface area contributed by atoms with Gasteiger partial charge in [0.2, 0.25) is 10.0 Å². The number of nitrogens with zero attached hydrogens (tertiary/aromatic N) is 1. The fourth-order valence-corrected chi connectivity index (χ4v) is 3.79. The summed E-state index contributed by atoms with van der Waals surface area (Å²) < 4.78 is 26.1. The lowest BCUT2D eigenvalue weighted by Crippen LogP contribution is -2.30. The van der Waals surface area contributed by atoms with Crippen LogP contribution < -0.4 is 0 Å². The summed E-state index contributed by atoms with van der Waals surface area (Å²) in [5.74, 6) is -0.183. The van der Waals surface area contributed by atoms with E-state index in [9.17, 15) is 13.5 Å². The van der Waals surface area contributed by atoms with Gasteiger partial charge in [0.1, 0.15) is 10.6 Å². The zero-order chi connectivity index (χ0) is 12.7. The molecule has 2 rings (SSSR count). The summed E-state index contributed by atoms with van der Waals surface area (Å²) in [6, 6.07) is 6.07. The first kappa shape index (κ1) is 12.4. The van der Waals surface area contributed by atoms with Crippen LogP contribution >= 0.6 is 0 Å². The van der Waals surface area contributed by atoms with Gasteiger partial charge in [-0.3, -0.25) is 0 Å². The van der Waals surface area contributed by atoms with Gasteiger partial charge in [-0.05, 0) is 24.0 Å². The number of sulfonamides is 1. The van der Waals surface area contributed by atoms with Crippen molar-refractivity contribution in [2.24, 2.45) is 5.41 Å². The van der Waals surface area contributed by atoms with E-state index in [1.165, 1.54) is 16.4 Å². The molecule has 94 valence electrons. The normalized spacial score (nSPS) is 20.6. The standard InChI is InChI=1S/C12H17NO3S/c1-12(2)7-8-13(9-12)17(15,16)11-6-4-3-5-10(11)14/h3-6,14H,7-9H2,1-2H3. The molecule has 5 heteroatoms. The summed E-state index contributed by atoms with van der Waals surface area (Å²) in [5.41, 5.74) is 0.0114. The minimum absolute atomic E-state index is 0.00213. The Morgan fingerprint density at radius 3 is 2.47 bits per heavy atom. The van der Waals surface area contributed by atoms with Gasteiger partial charge >= 0.3 is 0 Å². The second kappa shape index (κ2) is 3.99. The number of rotatable bonds is 2. The van der Waals surface area contributed by atoms with Crippen LogP contribution in [-0.2, 0) is 10.0 Å². The molecule has 0 aliphatic carbocycles. The number of para-hydroxylation sites is 1. The van der Waals surface area contributed by atoms with E-state index in [4.69, 9.17) is 0 Å². The molecule has 1 aromatic rings. The molecule has 0 saturated carbocycles. The average Bonchev–Trinajstić information content (AvgIpc) is 2.60. The summed E-state index contributed by atoms with van der Waals surface area (Å²) in [5, 5.41) is 9.63. The highest BCUT2D eigenvalue weighted by molar-refractivity contribution is 7.89. The Hall–Kier alpha value is -1.07. The average molecular weight is 255 g/mol. The smallest absolute Gasteiger partial charge is 0.246 e.